The molecule has 2 rings (SSSR count). The van der Waals surface area contributed by atoms with E-state index in [1.165, 1.54) is 6.33 Å². The summed E-state index contributed by atoms with van der Waals surface area (Å²) < 4.78 is 0. The minimum absolute atomic E-state index is 0.796. The summed E-state index contributed by atoms with van der Waals surface area (Å²) in [5, 5.41) is 9.90. The van der Waals surface area contributed by atoms with Crippen molar-refractivity contribution in [2.45, 2.75) is 6.92 Å². The number of nitrogens with one attached hydrogen (secondary N) is 2. The molecule has 2 N–H and O–H groups in total. The molecule has 0 aliphatic carbocycles. The third kappa shape index (κ3) is 1.74. The molecule has 1 aromatic heterocycles. The lowest BCUT2D eigenvalue weighted by Crippen LogP contribution is -1.96. The van der Waals surface area contributed by atoms with E-state index in [0.717, 1.165) is 23.6 Å². The number of benzene rings is 1. The normalized spacial score (nSPS) is 10.1. The van der Waals surface area contributed by atoms with Crippen LogP contribution in [0.1, 0.15) is 6.92 Å². The molecule has 0 spiro atoms. The van der Waals surface area contributed by atoms with Crippen molar-refractivity contribution in [1.82, 2.24) is 15.2 Å². The van der Waals surface area contributed by atoms with Gasteiger partial charge in [-0.25, -0.2) is 4.98 Å². The van der Waals surface area contributed by atoms with Crippen molar-refractivity contribution >= 4 is 5.69 Å². The first-order valence-corrected chi connectivity index (χ1v) is 4.60. The van der Waals surface area contributed by atoms with E-state index in [0.29, 0.717) is 0 Å². The molecule has 0 unspecified atom stereocenters. The topological polar surface area (TPSA) is 53.6 Å². The summed E-state index contributed by atoms with van der Waals surface area (Å²) in [4.78, 5) is 4.09. The molecule has 0 fully saturated rings. The quantitative estimate of drug-likeness (QED) is 0.773. The molecule has 0 aliphatic heterocycles. The molecule has 0 saturated heterocycles. The summed E-state index contributed by atoms with van der Waals surface area (Å²) in [6.07, 6.45) is 1.51. The number of hydrogen-bond acceptors (Lipinski definition) is 3. The fourth-order valence-electron chi connectivity index (χ4n) is 1.33. The number of rotatable bonds is 3. The molecule has 0 atom stereocenters. The summed E-state index contributed by atoms with van der Waals surface area (Å²) >= 11 is 0. The maximum atomic E-state index is 4.09. The van der Waals surface area contributed by atoms with E-state index in [9.17, 15) is 0 Å². The summed E-state index contributed by atoms with van der Waals surface area (Å²) in [5.74, 6) is 0.796. The SMILES string of the molecule is CCNc1cccc(-c2ncn[nH]2)c1. The molecule has 1 heterocycles. The Kier molecular flexibility index (Phi) is 2.44. The van der Waals surface area contributed by atoms with Crippen LogP contribution >= 0.6 is 0 Å². The van der Waals surface area contributed by atoms with Crippen molar-refractivity contribution in [2.24, 2.45) is 0 Å². The largest absolute Gasteiger partial charge is 0.385 e. The smallest absolute Gasteiger partial charge is 0.155 e. The van der Waals surface area contributed by atoms with Crippen LogP contribution in [0.15, 0.2) is 30.6 Å². The maximum Gasteiger partial charge on any atom is 0.155 e. The van der Waals surface area contributed by atoms with Gasteiger partial charge in [0.1, 0.15) is 6.33 Å². The van der Waals surface area contributed by atoms with Gasteiger partial charge in [-0.1, -0.05) is 12.1 Å². The van der Waals surface area contributed by atoms with E-state index in [1.54, 1.807) is 0 Å². The Morgan fingerprint density at radius 1 is 1.43 bits per heavy atom. The van der Waals surface area contributed by atoms with Crippen molar-refractivity contribution in [3.05, 3.63) is 30.6 Å². The lowest BCUT2D eigenvalue weighted by atomic mass is 10.2. The molecule has 0 bridgehead atoms. The van der Waals surface area contributed by atoms with Crippen LogP contribution in [0.25, 0.3) is 11.4 Å². The standard InChI is InChI=1S/C10H12N4/c1-2-11-9-5-3-4-8(6-9)10-12-7-13-14-10/h3-7,11H,2H2,1H3,(H,12,13,14). The lowest BCUT2D eigenvalue weighted by Gasteiger charge is -2.03. The zero-order valence-electron chi connectivity index (χ0n) is 7.99. The molecule has 72 valence electrons. The molecule has 0 saturated carbocycles. The zero-order chi connectivity index (χ0) is 9.80. The highest BCUT2D eigenvalue weighted by atomic mass is 15.2. The van der Waals surface area contributed by atoms with Gasteiger partial charge < -0.3 is 5.32 Å². The number of hydrogen-bond donors (Lipinski definition) is 2. The first kappa shape index (κ1) is 8.74. The number of H-pyrrole nitrogens is 1. The summed E-state index contributed by atoms with van der Waals surface area (Å²) in [5.41, 5.74) is 2.14. The Morgan fingerprint density at radius 3 is 3.07 bits per heavy atom. The molecule has 4 nitrogen and oxygen atoms in total. The van der Waals surface area contributed by atoms with Crippen molar-refractivity contribution in [1.29, 1.82) is 0 Å². The van der Waals surface area contributed by atoms with Crippen molar-refractivity contribution in [3.8, 4) is 11.4 Å². The second kappa shape index (κ2) is 3.91. The highest BCUT2D eigenvalue weighted by Gasteiger charge is 2.00. The predicted octanol–water partition coefficient (Wildman–Crippen LogP) is 1.90. The number of nitrogens with zero attached hydrogens (tertiary/aromatic N) is 2. The highest BCUT2D eigenvalue weighted by Crippen LogP contribution is 2.18. The van der Waals surface area contributed by atoms with Gasteiger partial charge in [-0.3, -0.25) is 5.10 Å². The number of aromatic amines is 1. The average Bonchev–Trinajstić information content (AvgIpc) is 2.71. The van der Waals surface area contributed by atoms with Gasteiger partial charge >= 0.3 is 0 Å². The van der Waals surface area contributed by atoms with Gasteiger partial charge in [0.2, 0.25) is 0 Å². The van der Waals surface area contributed by atoms with Crippen LogP contribution in [0.5, 0.6) is 0 Å². The second-order valence-electron chi connectivity index (χ2n) is 2.95. The zero-order valence-corrected chi connectivity index (χ0v) is 7.99. The summed E-state index contributed by atoms with van der Waals surface area (Å²) in [6.45, 7) is 2.99. The van der Waals surface area contributed by atoms with Crippen LogP contribution < -0.4 is 5.32 Å². The average molecular weight is 188 g/mol. The minimum Gasteiger partial charge on any atom is -0.385 e. The summed E-state index contributed by atoms with van der Waals surface area (Å²) in [6, 6.07) is 8.07. The Bertz CT molecular complexity index is 394. The van der Waals surface area contributed by atoms with Crippen LogP contribution in [-0.4, -0.2) is 21.7 Å². The van der Waals surface area contributed by atoms with E-state index < -0.39 is 0 Å². The van der Waals surface area contributed by atoms with Crippen LogP contribution in [0.4, 0.5) is 5.69 Å². The van der Waals surface area contributed by atoms with E-state index in [-0.39, 0.29) is 0 Å². The molecule has 0 aliphatic rings. The van der Waals surface area contributed by atoms with E-state index in [4.69, 9.17) is 0 Å². The Hall–Kier alpha value is -1.84. The van der Waals surface area contributed by atoms with E-state index in [2.05, 4.69) is 27.4 Å². The molecule has 2 aromatic rings. The highest BCUT2D eigenvalue weighted by molar-refractivity contribution is 5.61. The van der Waals surface area contributed by atoms with Crippen molar-refractivity contribution in [3.63, 3.8) is 0 Å². The maximum absolute atomic E-state index is 4.09. The predicted molar refractivity (Wildman–Crippen MR) is 56.0 cm³/mol. The van der Waals surface area contributed by atoms with Gasteiger partial charge in [0.25, 0.3) is 0 Å². The molecule has 14 heavy (non-hydrogen) atoms. The fourth-order valence-corrected chi connectivity index (χ4v) is 1.33. The van der Waals surface area contributed by atoms with Gasteiger partial charge in [-0.2, -0.15) is 5.10 Å². The summed E-state index contributed by atoms with van der Waals surface area (Å²) in [7, 11) is 0. The molecular weight excluding hydrogens is 176 g/mol. The van der Waals surface area contributed by atoms with Gasteiger partial charge in [0, 0.05) is 17.8 Å². The van der Waals surface area contributed by atoms with E-state index in [1.807, 2.05) is 24.3 Å². The van der Waals surface area contributed by atoms with Crippen LogP contribution in [0.3, 0.4) is 0 Å². The fraction of sp³-hybridized carbons (Fsp3) is 0.200. The second-order valence-corrected chi connectivity index (χ2v) is 2.95. The Morgan fingerprint density at radius 2 is 2.36 bits per heavy atom. The van der Waals surface area contributed by atoms with Gasteiger partial charge in [0.15, 0.2) is 5.82 Å². The van der Waals surface area contributed by atoms with Crippen LogP contribution in [0, 0.1) is 0 Å². The van der Waals surface area contributed by atoms with Crippen molar-refractivity contribution in [2.75, 3.05) is 11.9 Å². The first-order valence-electron chi connectivity index (χ1n) is 4.60. The van der Waals surface area contributed by atoms with Crippen molar-refractivity contribution < 1.29 is 0 Å². The first-order chi connectivity index (χ1) is 6.90. The van der Waals surface area contributed by atoms with Gasteiger partial charge in [-0.05, 0) is 19.1 Å². The molecular formula is C10H12N4. The lowest BCUT2D eigenvalue weighted by molar-refractivity contribution is 1.09. The third-order valence-electron chi connectivity index (χ3n) is 1.93. The van der Waals surface area contributed by atoms with Gasteiger partial charge in [-0.15, -0.1) is 0 Å². The Balaban J connectivity index is 2.31. The van der Waals surface area contributed by atoms with E-state index >= 15 is 0 Å². The third-order valence-corrected chi connectivity index (χ3v) is 1.93. The van der Waals surface area contributed by atoms with Crippen LogP contribution in [0.2, 0.25) is 0 Å². The monoisotopic (exact) mass is 188 g/mol. The number of anilines is 1. The van der Waals surface area contributed by atoms with Crippen LogP contribution in [-0.2, 0) is 0 Å². The molecule has 0 radical (unpaired) electrons. The minimum atomic E-state index is 0.796. The molecule has 1 aromatic carbocycles. The molecule has 4 heteroatoms. The molecule has 0 amide bonds. The van der Waals surface area contributed by atoms with Gasteiger partial charge in [0.05, 0.1) is 0 Å². The number of aromatic nitrogens is 3. The Labute approximate surface area is 82.4 Å².